The lowest BCUT2D eigenvalue weighted by molar-refractivity contribution is 0.0601. The van der Waals surface area contributed by atoms with Gasteiger partial charge in [0.1, 0.15) is 23.9 Å². The lowest BCUT2D eigenvalue weighted by Gasteiger charge is -2.18. The number of rotatable bonds is 2. The van der Waals surface area contributed by atoms with Crippen LogP contribution in [0.5, 0.6) is 5.75 Å². The number of nitrogens with two attached hydrogens (primary N) is 1. The van der Waals surface area contributed by atoms with Crippen LogP contribution in [0.15, 0.2) is 47.5 Å². The molecule has 0 radical (unpaired) electrons. The van der Waals surface area contributed by atoms with Gasteiger partial charge in [-0.25, -0.2) is 9.79 Å². The largest absolute Gasteiger partial charge is 0.483 e. The molecular weight excluding hydrogens is 282 g/mol. The second-order valence-corrected chi connectivity index (χ2v) is 4.77. The fourth-order valence-electron chi connectivity index (χ4n) is 2.13. The second-order valence-electron chi connectivity index (χ2n) is 4.77. The van der Waals surface area contributed by atoms with Gasteiger partial charge >= 0.3 is 5.97 Å². The highest BCUT2D eigenvalue weighted by Gasteiger charge is 2.14. The molecule has 112 valence electrons. The summed E-state index contributed by atoms with van der Waals surface area (Å²) in [5.74, 6) is 0.930. The minimum Gasteiger partial charge on any atom is -0.483 e. The van der Waals surface area contributed by atoms with Crippen molar-refractivity contribution >= 4 is 28.9 Å². The molecule has 22 heavy (non-hydrogen) atoms. The van der Waals surface area contributed by atoms with Crippen LogP contribution >= 0.6 is 0 Å². The zero-order valence-electron chi connectivity index (χ0n) is 12.0. The summed E-state index contributed by atoms with van der Waals surface area (Å²) in [5, 5.41) is 3.14. The van der Waals surface area contributed by atoms with Gasteiger partial charge in [0.05, 0.1) is 12.7 Å². The van der Waals surface area contributed by atoms with Crippen molar-refractivity contribution < 1.29 is 14.3 Å². The number of benzene rings is 2. The van der Waals surface area contributed by atoms with Crippen LogP contribution in [0.3, 0.4) is 0 Å². The number of carbonyl (C=O) groups is 1. The second kappa shape index (κ2) is 5.77. The number of ether oxygens (including phenoxy) is 2. The third-order valence-corrected chi connectivity index (χ3v) is 3.18. The van der Waals surface area contributed by atoms with Crippen LogP contribution in [0, 0.1) is 0 Å². The Kier molecular flexibility index (Phi) is 3.65. The Morgan fingerprint density at radius 1 is 1.32 bits per heavy atom. The van der Waals surface area contributed by atoms with Gasteiger partial charge in [0.15, 0.2) is 0 Å². The van der Waals surface area contributed by atoms with E-state index in [1.165, 1.54) is 7.11 Å². The Bertz CT molecular complexity index is 756. The normalized spacial score (nSPS) is 12.7. The topological polar surface area (TPSA) is 85.9 Å². The third-order valence-electron chi connectivity index (χ3n) is 3.18. The van der Waals surface area contributed by atoms with Crippen molar-refractivity contribution in [3.8, 4) is 5.75 Å². The number of fused-ring (bicyclic) bond motifs is 1. The summed E-state index contributed by atoms with van der Waals surface area (Å²) in [6.45, 7) is 0.304. The number of hydrogen-bond acceptors (Lipinski definition) is 6. The molecule has 1 aliphatic rings. The lowest BCUT2D eigenvalue weighted by Crippen LogP contribution is -2.23. The average Bonchev–Trinajstić information content (AvgIpc) is 2.54. The Labute approximate surface area is 127 Å². The van der Waals surface area contributed by atoms with Crippen LogP contribution < -0.4 is 15.8 Å². The van der Waals surface area contributed by atoms with Crippen molar-refractivity contribution in [2.24, 2.45) is 4.99 Å². The molecule has 0 aromatic heterocycles. The highest BCUT2D eigenvalue weighted by Crippen LogP contribution is 2.32. The van der Waals surface area contributed by atoms with Gasteiger partial charge in [0.25, 0.3) is 0 Å². The van der Waals surface area contributed by atoms with Crippen molar-refractivity contribution in [1.82, 2.24) is 0 Å². The quantitative estimate of drug-likeness (QED) is 0.657. The number of carbonyl (C=O) groups excluding carboxylic acids is 1. The minimum absolute atomic E-state index is 0.304. The van der Waals surface area contributed by atoms with Crippen molar-refractivity contribution in [1.29, 1.82) is 0 Å². The van der Waals surface area contributed by atoms with Gasteiger partial charge in [-0.2, -0.15) is 0 Å². The highest BCUT2D eigenvalue weighted by atomic mass is 16.5. The van der Waals surface area contributed by atoms with E-state index in [2.05, 4.69) is 10.3 Å². The molecular formula is C16H15N3O3. The molecule has 1 aliphatic heterocycles. The number of nitrogen functional groups attached to an aromatic ring is 1. The molecule has 0 saturated carbocycles. The highest BCUT2D eigenvalue weighted by molar-refractivity contribution is 6.00. The maximum atomic E-state index is 11.5. The van der Waals surface area contributed by atoms with E-state index in [4.69, 9.17) is 15.2 Å². The van der Waals surface area contributed by atoms with E-state index in [0.29, 0.717) is 35.1 Å². The predicted octanol–water partition coefficient (Wildman–Crippen LogP) is 2.59. The van der Waals surface area contributed by atoms with Gasteiger partial charge in [0, 0.05) is 17.4 Å². The van der Waals surface area contributed by atoms with Crippen LogP contribution in [0.25, 0.3) is 0 Å². The molecule has 6 heteroatoms. The molecule has 1 heterocycles. The van der Waals surface area contributed by atoms with E-state index >= 15 is 0 Å². The standard InChI is InChI=1S/C16H15N3O3/c1-21-16(20)10-3-2-4-12(7-10)18-15-9-22-14-8-11(17)5-6-13(14)19-15/h2-8H,9,17H2,1H3,(H,18,19). The Hall–Kier alpha value is -3.02. The molecule has 0 unspecified atom stereocenters. The molecule has 6 nitrogen and oxygen atoms in total. The summed E-state index contributed by atoms with van der Waals surface area (Å²) < 4.78 is 10.3. The molecule has 3 N–H and O–H groups in total. The van der Waals surface area contributed by atoms with E-state index < -0.39 is 0 Å². The van der Waals surface area contributed by atoms with Gasteiger partial charge in [0.2, 0.25) is 0 Å². The molecule has 3 rings (SSSR count). The van der Waals surface area contributed by atoms with Crippen LogP contribution in [-0.2, 0) is 4.74 Å². The maximum absolute atomic E-state index is 11.5. The number of hydrogen-bond donors (Lipinski definition) is 2. The molecule has 0 saturated heterocycles. The number of nitrogens with zero attached hydrogens (tertiary/aromatic N) is 1. The first kappa shape index (κ1) is 13.9. The monoisotopic (exact) mass is 297 g/mol. The number of anilines is 2. The summed E-state index contributed by atoms with van der Waals surface area (Å²) in [6.07, 6.45) is 0. The number of methoxy groups -OCH3 is 1. The van der Waals surface area contributed by atoms with Gasteiger partial charge in [-0.15, -0.1) is 0 Å². The van der Waals surface area contributed by atoms with E-state index in [1.54, 1.807) is 36.4 Å². The first-order valence-electron chi connectivity index (χ1n) is 6.71. The molecule has 0 amide bonds. The van der Waals surface area contributed by atoms with Gasteiger partial charge in [-0.05, 0) is 30.3 Å². The van der Waals surface area contributed by atoms with Crippen molar-refractivity contribution in [2.45, 2.75) is 0 Å². The molecule has 0 bridgehead atoms. The first-order valence-corrected chi connectivity index (χ1v) is 6.71. The molecule has 0 aliphatic carbocycles. The van der Waals surface area contributed by atoms with E-state index in [1.807, 2.05) is 6.07 Å². The van der Waals surface area contributed by atoms with E-state index in [9.17, 15) is 4.79 Å². The zero-order chi connectivity index (χ0) is 15.5. The van der Waals surface area contributed by atoms with E-state index in [0.717, 1.165) is 5.69 Å². The van der Waals surface area contributed by atoms with Crippen LogP contribution in [0.2, 0.25) is 0 Å². The third kappa shape index (κ3) is 2.85. The van der Waals surface area contributed by atoms with Crippen molar-refractivity contribution in [2.75, 3.05) is 24.8 Å². The summed E-state index contributed by atoms with van der Waals surface area (Å²) in [6, 6.07) is 12.3. The van der Waals surface area contributed by atoms with Crippen LogP contribution in [0.1, 0.15) is 10.4 Å². The van der Waals surface area contributed by atoms with Gasteiger partial charge in [-0.1, -0.05) is 6.07 Å². The van der Waals surface area contributed by atoms with Gasteiger partial charge < -0.3 is 20.5 Å². The Morgan fingerprint density at radius 3 is 3.00 bits per heavy atom. The van der Waals surface area contributed by atoms with Crippen molar-refractivity contribution in [3.05, 3.63) is 48.0 Å². The number of amidine groups is 1. The molecule has 0 atom stereocenters. The molecule has 0 spiro atoms. The number of aliphatic imine (C=N–C) groups is 1. The van der Waals surface area contributed by atoms with E-state index in [-0.39, 0.29) is 5.97 Å². The van der Waals surface area contributed by atoms with Gasteiger partial charge in [-0.3, -0.25) is 0 Å². The maximum Gasteiger partial charge on any atom is 0.337 e. The summed E-state index contributed by atoms with van der Waals surface area (Å²) in [5.41, 5.74) is 8.27. The first-order chi connectivity index (χ1) is 10.7. The Balaban J connectivity index is 1.82. The van der Waals surface area contributed by atoms with Crippen LogP contribution in [-0.4, -0.2) is 25.5 Å². The summed E-state index contributed by atoms with van der Waals surface area (Å²) in [7, 11) is 1.35. The summed E-state index contributed by atoms with van der Waals surface area (Å²) in [4.78, 5) is 16.0. The SMILES string of the molecule is COC(=O)c1cccc(NC2=Nc3ccc(N)cc3OC2)c1. The zero-order valence-corrected chi connectivity index (χ0v) is 12.0. The fraction of sp³-hybridized carbons (Fsp3) is 0.125. The molecule has 2 aromatic rings. The number of esters is 1. The predicted molar refractivity (Wildman–Crippen MR) is 84.8 cm³/mol. The fourth-order valence-corrected chi connectivity index (χ4v) is 2.13. The average molecular weight is 297 g/mol. The lowest BCUT2D eigenvalue weighted by atomic mass is 10.2. The Morgan fingerprint density at radius 2 is 2.18 bits per heavy atom. The smallest absolute Gasteiger partial charge is 0.337 e. The number of nitrogens with one attached hydrogen (secondary N) is 1. The molecule has 2 aromatic carbocycles. The molecule has 0 fully saturated rings. The van der Waals surface area contributed by atoms with Crippen molar-refractivity contribution in [3.63, 3.8) is 0 Å². The van der Waals surface area contributed by atoms with Crippen LogP contribution in [0.4, 0.5) is 17.1 Å². The minimum atomic E-state index is -0.383. The summed E-state index contributed by atoms with van der Waals surface area (Å²) >= 11 is 0.